The summed E-state index contributed by atoms with van der Waals surface area (Å²) in [5, 5.41) is 22.6. The first kappa shape index (κ1) is 18.1. The summed E-state index contributed by atoms with van der Waals surface area (Å²) in [5.74, 6) is -0.980. The Morgan fingerprint density at radius 2 is 2.17 bits per heavy atom. The third-order valence-corrected chi connectivity index (χ3v) is 2.87. The van der Waals surface area contributed by atoms with Crippen molar-refractivity contribution in [2.75, 3.05) is 13.7 Å². The third kappa shape index (κ3) is 5.73. The topological polar surface area (TPSA) is 152 Å². The Balaban J connectivity index is 2.35. The molecule has 0 fully saturated rings. The molecule has 0 spiro atoms. The van der Waals surface area contributed by atoms with E-state index in [9.17, 15) is 19.7 Å². The van der Waals surface area contributed by atoms with Crippen LogP contribution in [0.15, 0.2) is 6.20 Å². The fourth-order valence-electron chi connectivity index (χ4n) is 1.68. The van der Waals surface area contributed by atoms with Gasteiger partial charge in [0.15, 0.2) is 11.8 Å². The highest BCUT2D eigenvalue weighted by atomic mass is 16.6. The number of imidazole rings is 1. The lowest BCUT2D eigenvalue weighted by Crippen LogP contribution is -2.38. The first-order valence-electron chi connectivity index (χ1n) is 6.73. The van der Waals surface area contributed by atoms with Gasteiger partial charge in [0.25, 0.3) is 0 Å². The van der Waals surface area contributed by atoms with Crippen molar-refractivity contribution < 1.29 is 19.2 Å². The van der Waals surface area contributed by atoms with Gasteiger partial charge in [-0.05, 0) is 4.92 Å². The number of hydrogen-bond acceptors (Lipinski definition) is 7. The largest absolute Gasteiger partial charge is 0.461 e. The number of ether oxygens (including phenoxy) is 1. The van der Waals surface area contributed by atoms with Crippen molar-refractivity contribution >= 4 is 23.7 Å². The number of hydrogen-bond donors (Lipinski definition) is 3. The summed E-state index contributed by atoms with van der Waals surface area (Å²) < 4.78 is 6.25. The highest BCUT2D eigenvalue weighted by Crippen LogP contribution is 2.13. The summed E-state index contributed by atoms with van der Waals surface area (Å²) in [6.07, 6.45) is 0.874. The second kappa shape index (κ2) is 8.46. The average Bonchev–Trinajstić information content (AvgIpc) is 2.86. The highest BCUT2D eigenvalue weighted by molar-refractivity contribution is 5.96. The number of nitro groups is 1. The minimum absolute atomic E-state index is 0.0647. The SMILES string of the molecule is CNC(=N)NC(=O)CCC(=O)OCCn1c([N+](=O)[O-])cnc1C. The molecule has 1 aromatic rings. The van der Waals surface area contributed by atoms with Crippen molar-refractivity contribution in [1.82, 2.24) is 20.2 Å². The molecule has 0 saturated heterocycles. The molecule has 0 aliphatic heterocycles. The molecule has 3 N–H and O–H groups in total. The van der Waals surface area contributed by atoms with Crippen LogP contribution in [0.2, 0.25) is 0 Å². The Hall–Kier alpha value is -2.98. The zero-order chi connectivity index (χ0) is 17.4. The normalized spacial score (nSPS) is 10.0. The molecule has 0 aromatic carbocycles. The predicted molar refractivity (Wildman–Crippen MR) is 78.7 cm³/mol. The standard InChI is InChI=1S/C12H18N6O5/c1-8-15-7-10(18(21)22)17(8)5-6-23-11(20)4-3-9(19)16-12(13)14-2/h7H,3-6H2,1-2H3,(H3,13,14,16,19). The molecule has 1 rings (SSSR count). The Bertz CT molecular complexity index is 611. The molecule has 0 radical (unpaired) electrons. The van der Waals surface area contributed by atoms with Gasteiger partial charge in [-0.3, -0.25) is 20.3 Å². The summed E-state index contributed by atoms with van der Waals surface area (Å²) in [6.45, 7) is 1.64. The smallest absolute Gasteiger partial charge is 0.342 e. The van der Waals surface area contributed by atoms with Gasteiger partial charge in [-0.15, -0.1) is 0 Å². The summed E-state index contributed by atoms with van der Waals surface area (Å²) >= 11 is 0. The van der Waals surface area contributed by atoms with Crippen molar-refractivity contribution in [3.05, 3.63) is 22.1 Å². The predicted octanol–water partition coefficient (Wildman–Crippen LogP) is -0.307. The van der Waals surface area contributed by atoms with E-state index in [4.69, 9.17) is 10.1 Å². The van der Waals surface area contributed by atoms with Gasteiger partial charge in [-0.2, -0.15) is 0 Å². The van der Waals surface area contributed by atoms with Crippen LogP contribution in [-0.4, -0.2) is 46.0 Å². The number of carbonyl (C=O) groups is 2. The Morgan fingerprint density at radius 1 is 1.48 bits per heavy atom. The Morgan fingerprint density at radius 3 is 2.78 bits per heavy atom. The van der Waals surface area contributed by atoms with E-state index in [1.807, 2.05) is 0 Å². The van der Waals surface area contributed by atoms with E-state index in [1.165, 1.54) is 11.6 Å². The van der Waals surface area contributed by atoms with E-state index in [1.54, 1.807) is 6.92 Å². The minimum atomic E-state index is -0.600. The number of rotatable bonds is 7. The van der Waals surface area contributed by atoms with Crippen LogP contribution in [0.25, 0.3) is 0 Å². The fraction of sp³-hybridized carbons (Fsp3) is 0.500. The second-order valence-corrected chi connectivity index (χ2v) is 4.47. The molecule has 11 nitrogen and oxygen atoms in total. The number of nitrogens with zero attached hydrogens (tertiary/aromatic N) is 3. The van der Waals surface area contributed by atoms with Crippen LogP contribution in [0.4, 0.5) is 5.82 Å². The summed E-state index contributed by atoms with van der Waals surface area (Å²) in [5.41, 5.74) is 0. The average molecular weight is 326 g/mol. The van der Waals surface area contributed by atoms with Gasteiger partial charge < -0.3 is 20.2 Å². The maximum atomic E-state index is 11.5. The number of esters is 1. The van der Waals surface area contributed by atoms with Gasteiger partial charge in [-0.1, -0.05) is 0 Å². The lowest BCUT2D eigenvalue weighted by atomic mass is 10.3. The lowest BCUT2D eigenvalue weighted by molar-refractivity contribution is -0.392. The summed E-state index contributed by atoms with van der Waals surface area (Å²) in [4.78, 5) is 36.9. The maximum Gasteiger partial charge on any atom is 0.342 e. The van der Waals surface area contributed by atoms with Gasteiger partial charge in [0.05, 0.1) is 6.42 Å². The molecular formula is C12H18N6O5. The van der Waals surface area contributed by atoms with Crippen LogP contribution >= 0.6 is 0 Å². The quantitative estimate of drug-likeness (QED) is 0.204. The van der Waals surface area contributed by atoms with Crippen molar-refractivity contribution in [3.63, 3.8) is 0 Å². The second-order valence-electron chi connectivity index (χ2n) is 4.47. The first-order chi connectivity index (χ1) is 10.8. The lowest BCUT2D eigenvalue weighted by Gasteiger charge is -2.06. The van der Waals surface area contributed by atoms with Crippen molar-refractivity contribution in [2.24, 2.45) is 0 Å². The Kier molecular flexibility index (Phi) is 6.65. The molecule has 126 valence electrons. The molecule has 0 saturated carbocycles. The van der Waals surface area contributed by atoms with E-state index in [0.29, 0.717) is 5.82 Å². The van der Waals surface area contributed by atoms with Crippen molar-refractivity contribution in [1.29, 1.82) is 5.41 Å². The Labute approximate surface area is 131 Å². The van der Waals surface area contributed by atoms with E-state index in [-0.39, 0.29) is 37.8 Å². The number of guanidine groups is 1. The van der Waals surface area contributed by atoms with Gasteiger partial charge in [-0.25, -0.2) is 9.55 Å². The molecule has 1 heterocycles. The number of amides is 1. The van der Waals surface area contributed by atoms with Gasteiger partial charge >= 0.3 is 11.8 Å². The monoisotopic (exact) mass is 326 g/mol. The maximum absolute atomic E-state index is 11.5. The van der Waals surface area contributed by atoms with E-state index >= 15 is 0 Å². The van der Waals surface area contributed by atoms with E-state index < -0.39 is 16.8 Å². The van der Waals surface area contributed by atoms with Crippen LogP contribution < -0.4 is 10.6 Å². The molecule has 0 unspecified atom stereocenters. The van der Waals surface area contributed by atoms with Gasteiger partial charge in [0, 0.05) is 20.4 Å². The molecule has 1 amide bonds. The summed E-state index contributed by atoms with van der Waals surface area (Å²) in [7, 11) is 1.48. The molecule has 23 heavy (non-hydrogen) atoms. The van der Waals surface area contributed by atoms with Crippen LogP contribution in [0, 0.1) is 22.4 Å². The zero-order valence-electron chi connectivity index (χ0n) is 12.8. The minimum Gasteiger partial charge on any atom is -0.461 e. The van der Waals surface area contributed by atoms with Gasteiger partial charge in [0.2, 0.25) is 5.91 Å². The molecule has 0 aliphatic carbocycles. The fourth-order valence-corrected chi connectivity index (χ4v) is 1.68. The molecule has 0 aliphatic rings. The number of aryl methyl sites for hydroxylation is 1. The van der Waals surface area contributed by atoms with Crippen molar-refractivity contribution in [3.8, 4) is 0 Å². The van der Waals surface area contributed by atoms with E-state index in [2.05, 4.69) is 15.6 Å². The van der Waals surface area contributed by atoms with Crippen LogP contribution in [-0.2, 0) is 20.9 Å². The van der Waals surface area contributed by atoms with E-state index in [0.717, 1.165) is 6.20 Å². The third-order valence-electron chi connectivity index (χ3n) is 2.87. The molecule has 11 heteroatoms. The number of carbonyl (C=O) groups excluding carboxylic acids is 2. The zero-order valence-corrected chi connectivity index (χ0v) is 12.8. The molecule has 0 atom stereocenters. The highest BCUT2D eigenvalue weighted by Gasteiger charge is 2.17. The van der Waals surface area contributed by atoms with Crippen LogP contribution in [0.1, 0.15) is 18.7 Å². The first-order valence-corrected chi connectivity index (χ1v) is 6.73. The van der Waals surface area contributed by atoms with Gasteiger partial charge in [0.1, 0.15) is 19.3 Å². The molecule has 1 aromatic heterocycles. The number of aromatic nitrogens is 2. The van der Waals surface area contributed by atoms with Crippen molar-refractivity contribution in [2.45, 2.75) is 26.3 Å². The van der Waals surface area contributed by atoms with Crippen LogP contribution in [0.3, 0.4) is 0 Å². The summed E-state index contributed by atoms with van der Waals surface area (Å²) in [6, 6.07) is 0. The molecular weight excluding hydrogens is 308 g/mol. The van der Waals surface area contributed by atoms with Crippen LogP contribution in [0.5, 0.6) is 0 Å². The number of nitrogens with one attached hydrogen (secondary N) is 3. The molecule has 0 bridgehead atoms.